The van der Waals surface area contributed by atoms with Gasteiger partial charge in [0.15, 0.2) is 0 Å². The molecule has 0 aromatic rings. The standard InChI is InChI=1S/C5H8N4/c1-5-4(2-8-9-5)7-3-6-1/h1,3-5,8-9H,2H2. The first kappa shape index (κ1) is 5.08. The molecule has 0 saturated carbocycles. The van der Waals surface area contributed by atoms with Crippen LogP contribution in [0.4, 0.5) is 0 Å². The summed E-state index contributed by atoms with van der Waals surface area (Å²) in [5.41, 5.74) is 6.05. The Hall–Kier alpha value is -0.740. The van der Waals surface area contributed by atoms with Gasteiger partial charge in [0.1, 0.15) is 6.34 Å². The minimum atomic E-state index is 0.315. The van der Waals surface area contributed by atoms with Crippen LogP contribution in [0.25, 0.3) is 0 Å². The van der Waals surface area contributed by atoms with E-state index in [2.05, 4.69) is 20.8 Å². The van der Waals surface area contributed by atoms with Gasteiger partial charge in [-0.15, -0.1) is 0 Å². The van der Waals surface area contributed by atoms with Crippen molar-refractivity contribution >= 4 is 12.6 Å². The van der Waals surface area contributed by atoms with E-state index in [-0.39, 0.29) is 0 Å². The Morgan fingerprint density at radius 3 is 3.44 bits per heavy atom. The molecule has 0 radical (unpaired) electrons. The lowest BCUT2D eigenvalue weighted by Gasteiger charge is -2.10. The number of rotatable bonds is 0. The minimum Gasteiger partial charge on any atom is -0.267 e. The minimum absolute atomic E-state index is 0.315. The van der Waals surface area contributed by atoms with E-state index in [1.165, 1.54) is 0 Å². The monoisotopic (exact) mass is 124 g/mol. The lowest BCUT2D eigenvalue weighted by atomic mass is 10.2. The Kier molecular flexibility index (Phi) is 1.07. The summed E-state index contributed by atoms with van der Waals surface area (Å²) in [6, 6.07) is 0.678. The molecule has 0 aromatic carbocycles. The summed E-state index contributed by atoms with van der Waals surface area (Å²) >= 11 is 0. The van der Waals surface area contributed by atoms with Gasteiger partial charge in [-0.2, -0.15) is 0 Å². The molecular weight excluding hydrogens is 116 g/mol. The molecule has 1 saturated heterocycles. The number of hydrogen-bond acceptors (Lipinski definition) is 4. The Morgan fingerprint density at radius 2 is 2.56 bits per heavy atom. The number of hydrogen-bond donors (Lipinski definition) is 2. The predicted octanol–water partition coefficient (Wildman–Crippen LogP) is -1.06. The predicted molar refractivity (Wildman–Crippen MR) is 35.7 cm³/mol. The third-order valence-electron chi connectivity index (χ3n) is 1.57. The second-order valence-electron chi connectivity index (χ2n) is 2.18. The normalized spacial score (nSPS) is 39.1. The summed E-state index contributed by atoms with van der Waals surface area (Å²) in [5, 5.41) is 0. The molecule has 4 nitrogen and oxygen atoms in total. The summed E-state index contributed by atoms with van der Waals surface area (Å²) in [7, 11) is 0. The average molecular weight is 124 g/mol. The molecule has 2 aliphatic rings. The van der Waals surface area contributed by atoms with E-state index in [1.54, 1.807) is 6.34 Å². The second kappa shape index (κ2) is 1.89. The quantitative estimate of drug-likeness (QED) is 0.432. The van der Waals surface area contributed by atoms with Crippen LogP contribution in [0, 0.1) is 0 Å². The van der Waals surface area contributed by atoms with Crippen LogP contribution in [-0.2, 0) is 0 Å². The van der Waals surface area contributed by atoms with E-state index in [1.807, 2.05) is 6.21 Å². The summed E-state index contributed by atoms with van der Waals surface area (Å²) in [4.78, 5) is 8.04. The molecule has 0 aromatic heterocycles. The molecule has 1 fully saturated rings. The Bertz CT molecular complexity index is 144. The molecule has 0 bridgehead atoms. The molecule has 2 aliphatic heterocycles. The molecule has 2 atom stereocenters. The lowest BCUT2D eigenvalue weighted by molar-refractivity contribution is 0.643. The maximum atomic E-state index is 4.14. The number of hydrazine groups is 1. The third-order valence-corrected chi connectivity index (χ3v) is 1.57. The van der Waals surface area contributed by atoms with Gasteiger partial charge < -0.3 is 0 Å². The molecule has 2 heterocycles. The van der Waals surface area contributed by atoms with Crippen molar-refractivity contribution in [1.29, 1.82) is 0 Å². The Morgan fingerprint density at radius 1 is 1.56 bits per heavy atom. The lowest BCUT2D eigenvalue weighted by Crippen LogP contribution is -2.35. The van der Waals surface area contributed by atoms with Gasteiger partial charge in [-0.3, -0.25) is 10.4 Å². The highest BCUT2D eigenvalue weighted by atomic mass is 15.4. The number of nitrogens with zero attached hydrogens (tertiary/aromatic N) is 2. The zero-order valence-electron chi connectivity index (χ0n) is 4.91. The van der Waals surface area contributed by atoms with Crippen LogP contribution in [0.1, 0.15) is 0 Å². The largest absolute Gasteiger partial charge is 0.267 e. The highest BCUT2D eigenvalue weighted by Gasteiger charge is 2.25. The van der Waals surface area contributed by atoms with Gasteiger partial charge in [0, 0.05) is 12.8 Å². The average Bonchev–Trinajstić information content (AvgIpc) is 2.33. The molecule has 0 amide bonds. The van der Waals surface area contributed by atoms with Crippen molar-refractivity contribution in [2.75, 3.05) is 6.54 Å². The Balaban J connectivity index is 2.18. The van der Waals surface area contributed by atoms with Crippen molar-refractivity contribution in [3.63, 3.8) is 0 Å². The van der Waals surface area contributed by atoms with Gasteiger partial charge in [-0.25, -0.2) is 10.4 Å². The summed E-state index contributed by atoms with van der Waals surface area (Å²) in [5.74, 6) is 0. The van der Waals surface area contributed by atoms with Crippen LogP contribution >= 0.6 is 0 Å². The number of nitrogens with one attached hydrogen (secondary N) is 2. The van der Waals surface area contributed by atoms with Crippen molar-refractivity contribution in [3.8, 4) is 0 Å². The first-order chi connectivity index (χ1) is 4.47. The number of fused-ring (bicyclic) bond motifs is 1. The van der Waals surface area contributed by atoms with Gasteiger partial charge in [0.2, 0.25) is 0 Å². The van der Waals surface area contributed by atoms with Crippen molar-refractivity contribution in [2.24, 2.45) is 9.98 Å². The van der Waals surface area contributed by atoms with Gasteiger partial charge in [-0.1, -0.05) is 0 Å². The summed E-state index contributed by atoms with van der Waals surface area (Å²) < 4.78 is 0. The van der Waals surface area contributed by atoms with E-state index in [4.69, 9.17) is 0 Å². The molecule has 0 spiro atoms. The zero-order chi connectivity index (χ0) is 6.10. The molecule has 2 N–H and O–H groups in total. The van der Waals surface area contributed by atoms with E-state index >= 15 is 0 Å². The van der Waals surface area contributed by atoms with E-state index in [0.29, 0.717) is 12.1 Å². The van der Waals surface area contributed by atoms with Crippen LogP contribution in [0.15, 0.2) is 9.98 Å². The molecule has 9 heavy (non-hydrogen) atoms. The molecular formula is C5H8N4. The molecule has 4 heteroatoms. The molecule has 2 unspecified atom stereocenters. The fourth-order valence-corrected chi connectivity index (χ4v) is 1.04. The van der Waals surface area contributed by atoms with E-state index in [9.17, 15) is 0 Å². The van der Waals surface area contributed by atoms with Crippen LogP contribution in [0.5, 0.6) is 0 Å². The maximum Gasteiger partial charge on any atom is 0.110 e. The Labute approximate surface area is 53.0 Å². The van der Waals surface area contributed by atoms with Crippen LogP contribution in [0.3, 0.4) is 0 Å². The van der Waals surface area contributed by atoms with Crippen molar-refractivity contribution in [2.45, 2.75) is 12.1 Å². The van der Waals surface area contributed by atoms with Crippen LogP contribution < -0.4 is 10.9 Å². The van der Waals surface area contributed by atoms with Crippen molar-refractivity contribution in [3.05, 3.63) is 0 Å². The van der Waals surface area contributed by atoms with E-state index in [0.717, 1.165) is 6.54 Å². The van der Waals surface area contributed by atoms with Gasteiger partial charge >= 0.3 is 0 Å². The first-order valence-electron chi connectivity index (χ1n) is 3.00. The van der Waals surface area contributed by atoms with Crippen LogP contribution in [-0.4, -0.2) is 31.2 Å². The van der Waals surface area contributed by atoms with Gasteiger partial charge in [0.05, 0.1) is 12.1 Å². The SMILES string of the molecule is C1=NC=NC2CNNC12. The third kappa shape index (κ3) is 0.760. The van der Waals surface area contributed by atoms with E-state index < -0.39 is 0 Å². The summed E-state index contributed by atoms with van der Waals surface area (Å²) in [6.45, 7) is 0.910. The topological polar surface area (TPSA) is 48.8 Å². The first-order valence-corrected chi connectivity index (χ1v) is 3.00. The fraction of sp³-hybridized carbons (Fsp3) is 0.600. The highest BCUT2D eigenvalue weighted by Crippen LogP contribution is 2.02. The molecule has 2 rings (SSSR count). The summed E-state index contributed by atoms with van der Waals surface area (Å²) in [6.07, 6.45) is 3.48. The van der Waals surface area contributed by atoms with Gasteiger partial charge in [0.25, 0.3) is 0 Å². The van der Waals surface area contributed by atoms with Crippen molar-refractivity contribution < 1.29 is 0 Å². The fourth-order valence-electron chi connectivity index (χ4n) is 1.04. The van der Waals surface area contributed by atoms with Crippen LogP contribution in [0.2, 0.25) is 0 Å². The highest BCUT2D eigenvalue weighted by molar-refractivity contribution is 5.79. The second-order valence-corrected chi connectivity index (χ2v) is 2.18. The van der Waals surface area contributed by atoms with Crippen molar-refractivity contribution in [1.82, 2.24) is 10.9 Å². The maximum absolute atomic E-state index is 4.14. The molecule has 0 aliphatic carbocycles. The smallest absolute Gasteiger partial charge is 0.110 e. The molecule has 48 valence electrons. The van der Waals surface area contributed by atoms with Gasteiger partial charge in [-0.05, 0) is 0 Å². The number of aliphatic imine (C=N–C) groups is 2. The zero-order valence-corrected chi connectivity index (χ0v) is 4.91.